The Morgan fingerprint density at radius 2 is 1.90 bits per heavy atom. The van der Waals surface area contributed by atoms with Crippen LogP contribution in [-0.2, 0) is 7.05 Å². The molecule has 2 aromatic heterocycles. The van der Waals surface area contributed by atoms with Gasteiger partial charge in [0.1, 0.15) is 11.6 Å². The standard InChI is InChI=1S/C15H15BrN4/c1-9-12(16)5-7-15(17-9)19-11-4-6-14-13(8-11)18-10(2)20(14)3/h4-8H,1-3H3,(H,17,19). The molecule has 0 bridgehead atoms. The fourth-order valence-electron chi connectivity index (χ4n) is 2.16. The Balaban J connectivity index is 1.96. The summed E-state index contributed by atoms with van der Waals surface area (Å²) < 4.78 is 3.10. The highest BCUT2D eigenvalue weighted by Gasteiger charge is 2.05. The normalized spacial score (nSPS) is 11.0. The Kier molecular flexibility index (Phi) is 3.22. The number of anilines is 2. The van der Waals surface area contributed by atoms with Crippen LogP contribution in [0.2, 0.25) is 0 Å². The van der Waals surface area contributed by atoms with Crippen LogP contribution in [-0.4, -0.2) is 14.5 Å². The summed E-state index contributed by atoms with van der Waals surface area (Å²) in [4.78, 5) is 9.03. The number of aromatic nitrogens is 3. The van der Waals surface area contributed by atoms with Crippen molar-refractivity contribution in [3.8, 4) is 0 Å². The van der Waals surface area contributed by atoms with E-state index in [1.54, 1.807) is 0 Å². The fraction of sp³-hybridized carbons (Fsp3) is 0.200. The van der Waals surface area contributed by atoms with Gasteiger partial charge < -0.3 is 9.88 Å². The van der Waals surface area contributed by atoms with E-state index in [2.05, 4.69) is 41.8 Å². The van der Waals surface area contributed by atoms with E-state index in [9.17, 15) is 0 Å². The molecular formula is C15H15BrN4. The summed E-state index contributed by atoms with van der Waals surface area (Å²) in [5.41, 5.74) is 4.08. The van der Waals surface area contributed by atoms with Gasteiger partial charge in [0.2, 0.25) is 0 Å². The van der Waals surface area contributed by atoms with E-state index in [1.807, 2.05) is 45.2 Å². The fourth-order valence-corrected chi connectivity index (χ4v) is 2.38. The van der Waals surface area contributed by atoms with Gasteiger partial charge in [-0.2, -0.15) is 0 Å². The van der Waals surface area contributed by atoms with Gasteiger partial charge in [-0.15, -0.1) is 0 Å². The third-order valence-corrected chi connectivity index (χ3v) is 4.24. The van der Waals surface area contributed by atoms with Crippen molar-refractivity contribution in [1.29, 1.82) is 0 Å². The Morgan fingerprint density at radius 1 is 1.10 bits per heavy atom. The molecule has 0 radical (unpaired) electrons. The molecule has 3 aromatic rings. The maximum atomic E-state index is 4.54. The molecule has 0 aliphatic heterocycles. The average Bonchev–Trinajstić information content (AvgIpc) is 2.69. The average molecular weight is 331 g/mol. The van der Waals surface area contributed by atoms with Crippen LogP contribution in [0, 0.1) is 13.8 Å². The summed E-state index contributed by atoms with van der Waals surface area (Å²) in [7, 11) is 2.03. The van der Waals surface area contributed by atoms with Crippen LogP contribution >= 0.6 is 15.9 Å². The number of rotatable bonds is 2. The van der Waals surface area contributed by atoms with Gasteiger partial charge in [-0.1, -0.05) is 0 Å². The summed E-state index contributed by atoms with van der Waals surface area (Å²) in [6, 6.07) is 10.1. The molecule has 0 aliphatic rings. The zero-order valence-electron chi connectivity index (χ0n) is 11.6. The van der Waals surface area contributed by atoms with Crippen molar-refractivity contribution in [2.75, 3.05) is 5.32 Å². The molecular weight excluding hydrogens is 316 g/mol. The van der Waals surface area contributed by atoms with Crippen molar-refractivity contribution in [1.82, 2.24) is 14.5 Å². The first-order valence-electron chi connectivity index (χ1n) is 6.38. The molecule has 0 unspecified atom stereocenters. The number of benzene rings is 1. The van der Waals surface area contributed by atoms with E-state index < -0.39 is 0 Å². The van der Waals surface area contributed by atoms with Gasteiger partial charge in [0.05, 0.1) is 16.7 Å². The van der Waals surface area contributed by atoms with Crippen LogP contribution in [0.5, 0.6) is 0 Å². The predicted molar refractivity (Wildman–Crippen MR) is 85.4 cm³/mol. The van der Waals surface area contributed by atoms with E-state index in [1.165, 1.54) is 0 Å². The van der Waals surface area contributed by atoms with Crippen molar-refractivity contribution in [3.05, 3.63) is 46.3 Å². The first-order chi connectivity index (χ1) is 9.54. The number of nitrogens with zero attached hydrogens (tertiary/aromatic N) is 3. The number of aryl methyl sites for hydroxylation is 3. The van der Waals surface area contributed by atoms with Crippen molar-refractivity contribution < 1.29 is 0 Å². The molecule has 2 heterocycles. The van der Waals surface area contributed by atoms with Gasteiger partial charge in [0.15, 0.2) is 0 Å². The van der Waals surface area contributed by atoms with E-state index in [4.69, 9.17) is 0 Å². The molecule has 4 nitrogen and oxygen atoms in total. The zero-order valence-corrected chi connectivity index (χ0v) is 13.2. The lowest BCUT2D eigenvalue weighted by Gasteiger charge is -2.07. The molecule has 5 heteroatoms. The van der Waals surface area contributed by atoms with Gasteiger partial charge >= 0.3 is 0 Å². The molecule has 0 fully saturated rings. The van der Waals surface area contributed by atoms with Crippen molar-refractivity contribution >= 4 is 38.5 Å². The molecule has 102 valence electrons. The van der Waals surface area contributed by atoms with Gasteiger partial charge in [-0.05, 0) is 60.1 Å². The molecule has 0 spiro atoms. The minimum atomic E-state index is 0.831. The topological polar surface area (TPSA) is 42.7 Å². The second kappa shape index (κ2) is 4.90. The van der Waals surface area contributed by atoms with E-state index in [0.29, 0.717) is 0 Å². The van der Waals surface area contributed by atoms with E-state index in [-0.39, 0.29) is 0 Å². The highest BCUT2D eigenvalue weighted by molar-refractivity contribution is 9.10. The lowest BCUT2D eigenvalue weighted by Crippen LogP contribution is -1.95. The first kappa shape index (κ1) is 13.1. The van der Waals surface area contributed by atoms with Gasteiger partial charge in [-0.3, -0.25) is 0 Å². The second-order valence-corrected chi connectivity index (χ2v) is 5.66. The molecule has 0 atom stereocenters. The van der Waals surface area contributed by atoms with Crippen molar-refractivity contribution in [3.63, 3.8) is 0 Å². The summed E-state index contributed by atoms with van der Waals surface area (Å²) in [6.07, 6.45) is 0. The van der Waals surface area contributed by atoms with Gasteiger partial charge in [0, 0.05) is 17.2 Å². The number of nitrogens with one attached hydrogen (secondary N) is 1. The molecule has 0 aliphatic carbocycles. The summed E-state index contributed by atoms with van der Waals surface area (Å²) in [6.45, 7) is 3.98. The SMILES string of the molecule is Cc1nc(Nc2ccc3c(c2)nc(C)n3C)ccc1Br. The van der Waals surface area contributed by atoms with E-state index >= 15 is 0 Å². The Hall–Kier alpha value is -1.88. The quantitative estimate of drug-likeness (QED) is 0.769. The summed E-state index contributed by atoms with van der Waals surface area (Å²) >= 11 is 3.46. The molecule has 0 saturated carbocycles. The molecule has 3 rings (SSSR count). The predicted octanol–water partition coefficient (Wildman–Crippen LogP) is 4.09. The van der Waals surface area contributed by atoms with Gasteiger partial charge in [0.25, 0.3) is 0 Å². The molecule has 0 amide bonds. The highest BCUT2D eigenvalue weighted by atomic mass is 79.9. The molecule has 0 saturated heterocycles. The van der Waals surface area contributed by atoms with Crippen molar-refractivity contribution in [2.24, 2.45) is 7.05 Å². The number of pyridine rings is 1. The van der Waals surface area contributed by atoms with E-state index in [0.717, 1.165) is 38.5 Å². The largest absolute Gasteiger partial charge is 0.340 e. The summed E-state index contributed by atoms with van der Waals surface area (Å²) in [5, 5.41) is 3.31. The Morgan fingerprint density at radius 3 is 2.65 bits per heavy atom. The number of hydrogen-bond acceptors (Lipinski definition) is 3. The smallest absolute Gasteiger partial charge is 0.130 e. The monoisotopic (exact) mass is 330 g/mol. The number of hydrogen-bond donors (Lipinski definition) is 1. The lowest BCUT2D eigenvalue weighted by molar-refractivity contribution is 0.886. The lowest BCUT2D eigenvalue weighted by atomic mass is 10.2. The van der Waals surface area contributed by atoms with Crippen LogP contribution in [0.15, 0.2) is 34.8 Å². The third kappa shape index (κ3) is 2.29. The zero-order chi connectivity index (χ0) is 14.3. The van der Waals surface area contributed by atoms with Crippen LogP contribution in [0.25, 0.3) is 11.0 Å². The number of halogens is 1. The number of imidazole rings is 1. The van der Waals surface area contributed by atoms with Crippen LogP contribution in [0.3, 0.4) is 0 Å². The first-order valence-corrected chi connectivity index (χ1v) is 7.17. The minimum absolute atomic E-state index is 0.831. The molecule has 1 aromatic carbocycles. The maximum absolute atomic E-state index is 4.54. The van der Waals surface area contributed by atoms with Gasteiger partial charge in [-0.25, -0.2) is 9.97 Å². The Labute approximate surface area is 126 Å². The van der Waals surface area contributed by atoms with Crippen LogP contribution < -0.4 is 5.32 Å². The molecule has 1 N–H and O–H groups in total. The summed E-state index contributed by atoms with van der Waals surface area (Å²) in [5.74, 6) is 1.84. The van der Waals surface area contributed by atoms with Crippen LogP contribution in [0.1, 0.15) is 11.5 Å². The third-order valence-electron chi connectivity index (χ3n) is 3.40. The maximum Gasteiger partial charge on any atom is 0.130 e. The minimum Gasteiger partial charge on any atom is -0.340 e. The number of fused-ring (bicyclic) bond motifs is 1. The highest BCUT2D eigenvalue weighted by Crippen LogP contribution is 2.23. The Bertz CT molecular complexity index is 792. The van der Waals surface area contributed by atoms with Crippen molar-refractivity contribution in [2.45, 2.75) is 13.8 Å². The van der Waals surface area contributed by atoms with Crippen LogP contribution in [0.4, 0.5) is 11.5 Å². The second-order valence-electron chi connectivity index (χ2n) is 4.81. The molecule has 20 heavy (non-hydrogen) atoms.